The summed E-state index contributed by atoms with van der Waals surface area (Å²) in [5.74, 6) is 0.581. The molecule has 0 aromatic carbocycles. The number of nitrogens with one attached hydrogen (secondary N) is 1. The zero-order valence-corrected chi connectivity index (χ0v) is 13.9. The van der Waals surface area contributed by atoms with E-state index in [4.69, 9.17) is 4.74 Å². The second-order valence-corrected chi connectivity index (χ2v) is 5.85. The normalized spacial score (nSPS) is 17.7. The molecular weight excluding hydrogens is 294 g/mol. The molecule has 1 aliphatic heterocycles. The van der Waals surface area contributed by atoms with Gasteiger partial charge in [-0.2, -0.15) is 0 Å². The van der Waals surface area contributed by atoms with Gasteiger partial charge < -0.3 is 15.0 Å². The lowest BCUT2D eigenvalue weighted by Gasteiger charge is -2.32. The van der Waals surface area contributed by atoms with E-state index in [0.717, 1.165) is 31.4 Å². The maximum absolute atomic E-state index is 12.4. The molecule has 1 atom stereocenters. The number of ether oxygens (including phenoxy) is 1. The molecule has 126 valence electrons. The topological polar surface area (TPSA) is 71.5 Å². The van der Waals surface area contributed by atoms with Crippen LogP contribution in [0.15, 0.2) is 18.3 Å². The molecule has 2 heterocycles. The van der Waals surface area contributed by atoms with Gasteiger partial charge in [0.25, 0.3) is 0 Å². The summed E-state index contributed by atoms with van der Waals surface area (Å²) in [4.78, 5) is 30.2. The molecule has 1 N–H and O–H groups in total. The number of hydrogen-bond acceptors (Lipinski definition) is 4. The van der Waals surface area contributed by atoms with E-state index in [1.54, 1.807) is 19.4 Å². The molecule has 1 aliphatic rings. The summed E-state index contributed by atoms with van der Waals surface area (Å²) < 4.78 is 5.07. The molecule has 2 amide bonds. The van der Waals surface area contributed by atoms with Gasteiger partial charge in [-0.3, -0.25) is 9.59 Å². The van der Waals surface area contributed by atoms with Gasteiger partial charge in [0.2, 0.25) is 17.7 Å². The molecule has 1 saturated heterocycles. The minimum atomic E-state index is -0.117. The van der Waals surface area contributed by atoms with Crippen molar-refractivity contribution in [2.24, 2.45) is 5.92 Å². The van der Waals surface area contributed by atoms with Crippen LogP contribution < -0.4 is 10.1 Å². The van der Waals surface area contributed by atoms with Crippen LogP contribution in [0.25, 0.3) is 0 Å². The largest absolute Gasteiger partial charge is 0.481 e. The highest BCUT2D eigenvalue weighted by Crippen LogP contribution is 2.18. The fraction of sp³-hybridized carbons (Fsp3) is 0.588. The Morgan fingerprint density at radius 1 is 1.48 bits per heavy atom. The Hall–Kier alpha value is -2.11. The van der Waals surface area contributed by atoms with Crippen molar-refractivity contribution in [1.29, 1.82) is 0 Å². The number of aromatic nitrogens is 1. The van der Waals surface area contributed by atoms with E-state index in [1.807, 2.05) is 17.9 Å². The molecule has 1 aromatic rings. The minimum Gasteiger partial charge on any atom is -0.481 e. The van der Waals surface area contributed by atoms with Gasteiger partial charge in [-0.05, 0) is 30.9 Å². The van der Waals surface area contributed by atoms with Gasteiger partial charge in [-0.15, -0.1) is 0 Å². The van der Waals surface area contributed by atoms with Crippen molar-refractivity contribution in [3.05, 3.63) is 23.9 Å². The predicted molar refractivity (Wildman–Crippen MR) is 86.8 cm³/mol. The molecule has 23 heavy (non-hydrogen) atoms. The Bertz CT molecular complexity index is 548. The molecule has 0 spiro atoms. The van der Waals surface area contributed by atoms with Crippen molar-refractivity contribution in [1.82, 2.24) is 15.2 Å². The first-order chi connectivity index (χ1) is 11.1. The Morgan fingerprint density at radius 2 is 2.30 bits per heavy atom. The number of carbonyl (C=O) groups is 2. The van der Waals surface area contributed by atoms with Crippen LogP contribution in [0.3, 0.4) is 0 Å². The SMILES string of the molecule is CCCC(=O)N1CCCC(C(=O)NCc2ccnc(OC)c2)C1. The van der Waals surface area contributed by atoms with Crippen molar-refractivity contribution in [3.63, 3.8) is 0 Å². The van der Waals surface area contributed by atoms with E-state index < -0.39 is 0 Å². The lowest BCUT2D eigenvalue weighted by Crippen LogP contribution is -2.45. The Balaban J connectivity index is 1.86. The highest BCUT2D eigenvalue weighted by molar-refractivity contribution is 5.81. The average molecular weight is 319 g/mol. The summed E-state index contributed by atoms with van der Waals surface area (Å²) in [6.07, 6.45) is 4.78. The van der Waals surface area contributed by atoms with Crippen LogP contribution >= 0.6 is 0 Å². The zero-order valence-electron chi connectivity index (χ0n) is 13.9. The third-order valence-electron chi connectivity index (χ3n) is 4.08. The fourth-order valence-corrected chi connectivity index (χ4v) is 2.80. The molecule has 0 aliphatic carbocycles. The Labute approximate surface area is 137 Å². The van der Waals surface area contributed by atoms with Gasteiger partial charge in [0.1, 0.15) is 0 Å². The summed E-state index contributed by atoms with van der Waals surface area (Å²) in [5, 5.41) is 2.95. The van der Waals surface area contributed by atoms with Crippen molar-refractivity contribution in [3.8, 4) is 5.88 Å². The number of rotatable bonds is 6. The Kier molecular flexibility index (Phi) is 6.38. The van der Waals surface area contributed by atoms with Gasteiger partial charge in [-0.1, -0.05) is 6.92 Å². The van der Waals surface area contributed by atoms with Gasteiger partial charge in [0.05, 0.1) is 13.0 Å². The van der Waals surface area contributed by atoms with Gasteiger partial charge in [-0.25, -0.2) is 4.98 Å². The molecule has 0 saturated carbocycles. The second kappa shape index (κ2) is 8.50. The highest BCUT2D eigenvalue weighted by atomic mass is 16.5. The third-order valence-corrected chi connectivity index (χ3v) is 4.08. The van der Waals surface area contributed by atoms with Gasteiger partial charge >= 0.3 is 0 Å². The van der Waals surface area contributed by atoms with E-state index in [2.05, 4.69) is 10.3 Å². The van der Waals surface area contributed by atoms with Gasteiger partial charge in [0, 0.05) is 38.3 Å². The third kappa shape index (κ3) is 4.94. The molecule has 1 unspecified atom stereocenters. The number of hydrogen-bond donors (Lipinski definition) is 1. The van der Waals surface area contributed by atoms with Crippen molar-refractivity contribution in [2.75, 3.05) is 20.2 Å². The first-order valence-electron chi connectivity index (χ1n) is 8.18. The highest BCUT2D eigenvalue weighted by Gasteiger charge is 2.27. The smallest absolute Gasteiger partial charge is 0.225 e. The van der Waals surface area contributed by atoms with E-state index in [-0.39, 0.29) is 17.7 Å². The summed E-state index contributed by atoms with van der Waals surface area (Å²) >= 11 is 0. The standard InChI is InChI=1S/C17H25N3O3/c1-3-5-16(21)20-9-4-6-14(12-20)17(22)19-11-13-7-8-18-15(10-13)23-2/h7-8,10,14H,3-6,9,11-12H2,1-2H3,(H,19,22). The predicted octanol–water partition coefficient (Wildman–Crippen LogP) is 1.75. The maximum Gasteiger partial charge on any atom is 0.225 e. The molecule has 1 aromatic heterocycles. The van der Waals surface area contributed by atoms with Crippen LogP contribution in [-0.4, -0.2) is 41.9 Å². The monoisotopic (exact) mass is 319 g/mol. The van der Waals surface area contributed by atoms with Crippen LogP contribution in [0.4, 0.5) is 0 Å². The molecule has 1 fully saturated rings. The van der Waals surface area contributed by atoms with Crippen molar-refractivity contribution >= 4 is 11.8 Å². The summed E-state index contributed by atoms with van der Waals surface area (Å²) in [6.45, 7) is 3.74. The number of amides is 2. The molecule has 6 nitrogen and oxygen atoms in total. The lowest BCUT2D eigenvalue weighted by molar-refractivity contribution is -0.135. The second-order valence-electron chi connectivity index (χ2n) is 5.85. The average Bonchev–Trinajstić information content (AvgIpc) is 2.60. The summed E-state index contributed by atoms with van der Waals surface area (Å²) in [7, 11) is 1.56. The van der Waals surface area contributed by atoms with Crippen LogP contribution in [0.5, 0.6) is 5.88 Å². The number of likely N-dealkylation sites (tertiary alicyclic amines) is 1. The summed E-state index contributed by atoms with van der Waals surface area (Å²) in [5.41, 5.74) is 0.944. The number of methoxy groups -OCH3 is 1. The van der Waals surface area contributed by atoms with E-state index in [9.17, 15) is 9.59 Å². The van der Waals surface area contributed by atoms with Gasteiger partial charge in [0.15, 0.2) is 0 Å². The lowest BCUT2D eigenvalue weighted by atomic mass is 9.96. The minimum absolute atomic E-state index is 0.00905. The maximum atomic E-state index is 12.4. The fourth-order valence-electron chi connectivity index (χ4n) is 2.80. The van der Waals surface area contributed by atoms with Crippen LogP contribution in [0.2, 0.25) is 0 Å². The van der Waals surface area contributed by atoms with Crippen LogP contribution in [0, 0.1) is 5.92 Å². The molecule has 6 heteroatoms. The number of piperidine rings is 1. The number of pyridine rings is 1. The number of carbonyl (C=O) groups excluding carboxylic acids is 2. The first-order valence-corrected chi connectivity index (χ1v) is 8.18. The molecule has 0 radical (unpaired) electrons. The quantitative estimate of drug-likeness (QED) is 0.867. The Morgan fingerprint density at radius 3 is 3.04 bits per heavy atom. The molecule has 2 rings (SSSR count). The van der Waals surface area contributed by atoms with Crippen molar-refractivity contribution in [2.45, 2.75) is 39.2 Å². The van der Waals surface area contributed by atoms with Crippen LogP contribution in [0.1, 0.15) is 38.2 Å². The molecule has 0 bridgehead atoms. The number of nitrogens with zero attached hydrogens (tertiary/aromatic N) is 2. The van der Waals surface area contributed by atoms with E-state index in [1.165, 1.54) is 0 Å². The van der Waals surface area contributed by atoms with E-state index >= 15 is 0 Å². The first kappa shape index (κ1) is 17.2. The van der Waals surface area contributed by atoms with E-state index in [0.29, 0.717) is 25.4 Å². The van der Waals surface area contributed by atoms with Crippen LogP contribution in [-0.2, 0) is 16.1 Å². The molecular formula is C17H25N3O3. The zero-order chi connectivity index (χ0) is 16.7. The van der Waals surface area contributed by atoms with Crippen molar-refractivity contribution < 1.29 is 14.3 Å². The summed E-state index contributed by atoms with van der Waals surface area (Å²) in [6, 6.07) is 3.65.